The summed E-state index contributed by atoms with van der Waals surface area (Å²) >= 11 is 7.69. The van der Waals surface area contributed by atoms with Crippen molar-refractivity contribution in [3.63, 3.8) is 0 Å². The van der Waals surface area contributed by atoms with E-state index in [4.69, 9.17) is 21.1 Å². The number of carbonyl (C=O) groups excluding carboxylic acids is 2. The highest BCUT2D eigenvalue weighted by molar-refractivity contribution is 8.04. The minimum atomic E-state index is -0.121. The minimum Gasteiger partial charge on any atom is -0.454 e. The molecule has 9 heteroatoms. The molecule has 0 bridgehead atoms. The van der Waals surface area contributed by atoms with Crippen LogP contribution >= 0.6 is 23.4 Å². The lowest BCUT2D eigenvalue weighted by Crippen LogP contribution is -2.48. The molecule has 0 radical (unpaired) electrons. The highest BCUT2D eigenvalue weighted by Crippen LogP contribution is 2.42. The molecule has 1 fully saturated rings. The number of fused-ring (bicyclic) bond motifs is 2. The molecule has 6 rings (SSSR count). The van der Waals surface area contributed by atoms with Crippen molar-refractivity contribution >= 4 is 46.9 Å². The summed E-state index contributed by atoms with van der Waals surface area (Å²) in [4.78, 5) is 33.8. The van der Waals surface area contributed by atoms with Crippen LogP contribution in [-0.4, -0.2) is 61.6 Å². The van der Waals surface area contributed by atoms with Crippen molar-refractivity contribution in [2.45, 2.75) is 11.4 Å². The van der Waals surface area contributed by atoms with Crippen LogP contribution in [0.5, 0.6) is 11.5 Å². The minimum absolute atomic E-state index is 0.0150. The topological polar surface area (TPSA) is 62.3 Å². The lowest BCUT2D eigenvalue weighted by Gasteiger charge is -2.35. The van der Waals surface area contributed by atoms with Gasteiger partial charge in [-0.1, -0.05) is 47.6 Å². The molecule has 0 saturated carbocycles. The largest absolute Gasteiger partial charge is 0.454 e. The summed E-state index contributed by atoms with van der Waals surface area (Å²) in [7, 11) is 1.74. The quantitative estimate of drug-likeness (QED) is 0.422. The molecule has 3 heterocycles. The van der Waals surface area contributed by atoms with Crippen molar-refractivity contribution in [2.75, 3.05) is 44.9 Å². The maximum atomic E-state index is 13.4. The van der Waals surface area contributed by atoms with Crippen molar-refractivity contribution in [1.82, 2.24) is 9.80 Å². The van der Waals surface area contributed by atoms with Crippen molar-refractivity contribution in [1.29, 1.82) is 0 Å². The molecule has 0 atom stereocenters. The van der Waals surface area contributed by atoms with Gasteiger partial charge in [-0.2, -0.15) is 0 Å². The number of piperazine rings is 1. The summed E-state index contributed by atoms with van der Waals surface area (Å²) in [5.74, 6) is 1.44. The van der Waals surface area contributed by atoms with Crippen molar-refractivity contribution in [2.24, 2.45) is 0 Å². The third-order valence-corrected chi connectivity index (χ3v) is 8.42. The maximum Gasteiger partial charge on any atom is 0.264 e. The average molecular weight is 548 g/mol. The van der Waals surface area contributed by atoms with Gasteiger partial charge in [0.15, 0.2) is 11.5 Å². The number of carbonyl (C=O) groups is 2. The van der Waals surface area contributed by atoms with Crippen LogP contribution in [0, 0.1) is 0 Å². The predicted molar refractivity (Wildman–Crippen MR) is 149 cm³/mol. The van der Waals surface area contributed by atoms with Crippen LogP contribution < -0.4 is 14.4 Å². The number of anilines is 1. The number of amides is 2. The predicted octanol–water partition coefficient (Wildman–Crippen LogP) is 5.14. The molecule has 3 aliphatic rings. The van der Waals surface area contributed by atoms with Crippen LogP contribution in [-0.2, 0) is 11.3 Å². The summed E-state index contributed by atoms with van der Waals surface area (Å²) in [5.41, 5.74) is 3.29. The first-order valence-corrected chi connectivity index (χ1v) is 13.6. The summed E-state index contributed by atoms with van der Waals surface area (Å²) in [6.07, 6.45) is 1.82. The molecule has 3 aromatic carbocycles. The Morgan fingerprint density at radius 2 is 1.79 bits per heavy atom. The summed E-state index contributed by atoms with van der Waals surface area (Å²) in [5, 5.41) is 0.596. The van der Waals surface area contributed by atoms with E-state index in [1.807, 2.05) is 59.5 Å². The van der Waals surface area contributed by atoms with Crippen molar-refractivity contribution < 1.29 is 19.1 Å². The SMILES string of the molecule is CN1C(=O)/C(=C/c2ccccc2Cl)Sc2ccc(C(=O)N3CCN(Cc4ccc5c(c4)OCO5)CC3)cc21. The van der Waals surface area contributed by atoms with E-state index >= 15 is 0 Å². The van der Waals surface area contributed by atoms with Gasteiger partial charge in [-0.3, -0.25) is 14.5 Å². The molecule has 38 heavy (non-hydrogen) atoms. The van der Waals surface area contributed by atoms with E-state index < -0.39 is 0 Å². The molecular formula is C29H26ClN3O4S. The Morgan fingerprint density at radius 1 is 1.00 bits per heavy atom. The Hall–Kier alpha value is -3.46. The first-order valence-electron chi connectivity index (χ1n) is 12.4. The third kappa shape index (κ3) is 4.87. The summed E-state index contributed by atoms with van der Waals surface area (Å²) < 4.78 is 10.9. The molecular weight excluding hydrogens is 522 g/mol. The number of nitrogens with zero attached hydrogens (tertiary/aromatic N) is 3. The highest BCUT2D eigenvalue weighted by Gasteiger charge is 2.29. The van der Waals surface area contributed by atoms with Crippen LogP contribution in [0.2, 0.25) is 5.02 Å². The Bertz CT molecular complexity index is 1450. The summed E-state index contributed by atoms with van der Waals surface area (Å²) in [6, 6.07) is 19.1. The fraction of sp³-hybridized carbons (Fsp3) is 0.241. The standard InChI is InChI=1S/C29H26ClN3O4S/c1-31-23-15-21(7-9-26(23)38-27(29(31)35)16-20-4-2-3-5-22(20)30)28(34)33-12-10-32(11-13-33)17-19-6-8-24-25(14-19)37-18-36-24/h2-9,14-16H,10-13,17-18H2,1H3/b27-16-. The van der Waals surface area contributed by atoms with E-state index in [1.165, 1.54) is 11.8 Å². The number of likely N-dealkylation sites (N-methyl/N-ethyl adjacent to an activating group) is 1. The van der Waals surface area contributed by atoms with Gasteiger partial charge in [-0.05, 0) is 53.6 Å². The number of rotatable bonds is 4. The molecule has 3 aromatic rings. The fourth-order valence-corrected chi connectivity index (χ4v) is 6.12. The fourth-order valence-electron chi connectivity index (χ4n) is 4.85. The van der Waals surface area contributed by atoms with Gasteiger partial charge in [-0.25, -0.2) is 0 Å². The highest BCUT2D eigenvalue weighted by atomic mass is 35.5. The van der Waals surface area contributed by atoms with Crippen LogP contribution in [0.25, 0.3) is 6.08 Å². The van der Waals surface area contributed by atoms with Gasteiger partial charge >= 0.3 is 0 Å². The second kappa shape index (κ2) is 10.4. The van der Waals surface area contributed by atoms with Gasteiger partial charge in [0.2, 0.25) is 6.79 Å². The molecule has 0 unspecified atom stereocenters. The van der Waals surface area contributed by atoms with Crippen LogP contribution in [0.1, 0.15) is 21.5 Å². The van der Waals surface area contributed by atoms with Crippen molar-refractivity contribution in [3.05, 3.63) is 87.3 Å². The van der Waals surface area contributed by atoms with E-state index in [2.05, 4.69) is 11.0 Å². The second-order valence-electron chi connectivity index (χ2n) is 9.43. The smallest absolute Gasteiger partial charge is 0.264 e. The van der Waals surface area contributed by atoms with Gasteiger partial charge in [-0.15, -0.1) is 0 Å². The zero-order valence-electron chi connectivity index (χ0n) is 20.9. The average Bonchev–Trinajstić information content (AvgIpc) is 3.41. The molecule has 3 aliphatic heterocycles. The van der Waals surface area contributed by atoms with E-state index in [-0.39, 0.29) is 18.6 Å². The third-order valence-electron chi connectivity index (χ3n) is 7.00. The monoisotopic (exact) mass is 547 g/mol. The number of ether oxygens (including phenoxy) is 2. The number of hydrogen-bond donors (Lipinski definition) is 0. The normalized spacial score (nSPS) is 18.2. The van der Waals surface area contributed by atoms with Gasteiger partial charge in [0, 0.05) is 55.3 Å². The van der Waals surface area contributed by atoms with Crippen molar-refractivity contribution in [3.8, 4) is 11.5 Å². The first-order chi connectivity index (χ1) is 18.5. The molecule has 0 N–H and O–H groups in total. The molecule has 7 nitrogen and oxygen atoms in total. The zero-order valence-corrected chi connectivity index (χ0v) is 22.4. The lowest BCUT2D eigenvalue weighted by molar-refractivity contribution is -0.114. The van der Waals surface area contributed by atoms with Crippen LogP contribution in [0.4, 0.5) is 5.69 Å². The second-order valence-corrected chi connectivity index (χ2v) is 10.9. The Morgan fingerprint density at radius 3 is 2.61 bits per heavy atom. The Kier molecular flexibility index (Phi) is 6.78. The number of halogens is 1. The molecule has 1 saturated heterocycles. The Balaban J connectivity index is 1.12. The van der Waals surface area contributed by atoms with E-state index in [1.54, 1.807) is 18.0 Å². The Labute approximate surface area is 230 Å². The molecule has 2 amide bonds. The van der Waals surface area contributed by atoms with E-state index in [0.29, 0.717) is 28.6 Å². The zero-order chi connectivity index (χ0) is 26.2. The first kappa shape index (κ1) is 24.9. The van der Waals surface area contributed by atoms with E-state index in [9.17, 15) is 9.59 Å². The number of hydrogen-bond acceptors (Lipinski definition) is 6. The van der Waals surface area contributed by atoms with Gasteiger partial charge < -0.3 is 19.3 Å². The van der Waals surface area contributed by atoms with Gasteiger partial charge in [0.25, 0.3) is 11.8 Å². The number of thioether (sulfide) groups is 1. The molecule has 0 spiro atoms. The van der Waals surface area contributed by atoms with Gasteiger partial charge in [0.05, 0.1) is 10.6 Å². The maximum absolute atomic E-state index is 13.4. The molecule has 0 aromatic heterocycles. The van der Waals surface area contributed by atoms with Gasteiger partial charge in [0.1, 0.15) is 0 Å². The lowest BCUT2D eigenvalue weighted by atomic mass is 10.1. The molecule has 0 aliphatic carbocycles. The number of benzene rings is 3. The summed E-state index contributed by atoms with van der Waals surface area (Å²) in [6.45, 7) is 3.94. The van der Waals surface area contributed by atoms with Crippen LogP contribution in [0.15, 0.2) is 70.5 Å². The van der Waals surface area contributed by atoms with E-state index in [0.717, 1.165) is 52.8 Å². The van der Waals surface area contributed by atoms with Crippen LogP contribution in [0.3, 0.4) is 0 Å². The molecule has 194 valence electrons.